The molecule has 1 rings (SSSR count). The van der Waals surface area contributed by atoms with E-state index in [-0.39, 0.29) is 0 Å². The molecule has 1 atom stereocenters. The molecule has 0 fully saturated rings. The maximum atomic E-state index is 11.8. The number of anilines is 1. The van der Waals surface area contributed by atoms with Crippen molar-refractivity contribution in [2.24, 2.45) is 0 Å². The maximum Gasteiger partial charge on any atom is 0.321 e. The summed E-state index contributed by atoms with van der Waals surface area (Å²) in [7, 11) is 0. The first-order valence-corrected chi connectivity index (χ1v) is 6.43. The summed E-state index contributed by atoms with van der Waals surface area (Å²) in [6.45, 7) is 5.78. The Hall–Kier alpha value is -1.75. The van der Waals surface area contributed by atoms with Crippen LogP contribution in [0.25, 0.3) is 0 Å². The number of hydrogen-bond donors (Lipinski definition) is 3. The lowest BCUT2D eigenvalue weighted by Gasteiger charge is -2.17. The van der Waals surface area contributed by atoms with Gasteiger partial charge in [-0.1, -0.05) is 17.7 Å². The molecule has 0 saturated carbocycles. The monoisotopic (exact) mass is 283 g/mol. The molecule has 3 amide bonds. The van der Waals surface area contributed by atoms with Crippen molar-refractivity contribution in [1.29, 1.82) is 0 Å². The van der Waals surface area contributed by atoms with Gasteiger partial charge in [0, 0.05) is 17.3 Å². The van der Waals surface area contributed by atoms with Gasteiger partial charge in [0.05, 0.1) is 0 Å². The molecule has 104 valence electrons. The van der Waals surface area contributed by atoms with Crippen LogP contribution in [0.3, 0.4) is 0 Å². The fourth-order valence-electron chi connectivity index (χ4n) is 1.49. The molecule has 0 radical (unpaired) electrons. The first kappa shape index (κ1) is 15.3. The molecule has 1 unspecified atom stereocenters. The standard InChI is InChI=1S/C13H18ClN3O2/c1-4-15-13(19)17-12(18)9(3)16-11-7-5-6-10(14)8(11)2/h5-7,9,16H,4H2,1-3H3,(H2,15,17,18,19). The first-order valence-electron chi connectivity index (χ1n) is 6.06. The number of rotatable bonds is 4. The highest BCUT2D eigenvalue weighted by Gasteiger charge is 2.16. The van der Waals surface area contributed by atoms with Gasteiger partial charge in [0.15, 0.2) is 0 Å². The highest BCUT2D eigenvalue weighted by Crippen LogP contribution is 2.23. The summed E-state index contributed by atoms with van der Waals surface area (Å²) in [5.41, 5.74) is 1.63. The molecule has 1 aromatic carbocycles. The van der Waals surface area contributed by atoms with Crippen LogP contribution in [-0.4, -0.2) is 24.5 Å². The Bertz CT molecular complexity index is 477. The molecule has 0 spiro atoms. The van der Waals surface area contributed by atoms with Gasteiger partial charge in [-0.15, -0.1) is 0 Å². The van der Waals surface area contributed by atoms with Gasteiger partial charge in [-0.05, 0) is 38.5 Å². The second-order valence-corrected chi connectivity index (χ2v) is 4.53. The van der Waals surface area contributed by atoms with Crippen LogP contribution in [-0.2, 0) is 4.79 Å². The van der Waals surface area contributed by atoms with Crippen molar-refractivity contribution in [3.63, 3.8) is 0 Å². The summed E-state index contributed by atoms with van der Waals surface area (Å²) in [6, 6.07) is 4.37. The van der Waals surface area contributed by atoms with Gasteiger partial charge in [-0.25, -0.2) is 4.79 Å². The Kier molecular flexibility index (Phi) is 5.63. The predicted octanol–water partition coefficient (Wildman–Crippen LogP) is 2.29. The average Bonchev–Trinajstić information content (AvgIpc) is 2.35. The molecule has 0 saturated heterocycles. The van der Waals surface area contributed by atoms with Gasteiger partial charge in [0.25, 0.3) is 0 Å². The van der Waals surface area contributed by atoms with E-state index in [4.69, 9.17) is 11.6 Å². The summed E-state index contributed by atoms with van der Waals surface area (Å²) in [5, 5.41) is 8.39. The molecule has 5 nitrogen and oxygen atoms in total. The zero-order valence-corrected chi connectivity index (χ0v) is 12.0. The van der Waals surface area contributed by atoms with Gasteiger partial charge in [-0.3, -0.25) is 10.1 Å². The minimum atomic E-state index is -0.542. The van der Waals surface area contributed by atoms with Crippen LogP contribution in [0, 0.1) is 6.92 Å². The summed E-state index contributed by atoms with van der Waals surface area (Å²) < 4.78 is 0. The highest BCUT2D eigenvalue weighted by molar-refractivity contribution is 6.31. The van der Waals surface area contributed by atoms with E-state index >= 15 is 0 Å². The van der Waals surface area contributed by atoms with Crippen molar-refractivity contribution in [2.75, 3.05) is 11.9 Å². The van der Waals surface area contributed by atoms with E-state index in [1.807, 2.05) is 13.0 Å². The second-order valence-electron chi connectivity index (χ2n) is 4.13. The Balaban J connectivity index is 2.64. The van der Waals surface area contributed by atoms with Crippen LogP contribution in [0.4, 0.5) is 10.5 Å². The van der Waals surface area contributed by atoms with Crippen molar-refractivity contribution in [2.45, 2.75) is 26.8 Å². The van der Waals surface area contributed by atoms with Crippen molar-refractivity contribution in [3.8, 4) is 0 Å². The predicted molar refractivity (Wildman–Crippen MR) is 76.5 cm³/mol. The van der Waals surface area contributed by atoms with Crippen LogP contribution in [0.1, 0.15) is 19.4 Å². The first-order chi connectivity index (χ1) is 8.95. The molecule has 19 heavy (non-hydrogen) atoms. The van der Waals surface area contributed by atoms with Crippen LogP contribution in [0.2, 0.25) is 5.02 Å². The Morgan fingerprint density at radius 1 is 1.37 bits per heavy atom. The van der Waals surface area contributed by atoms with E-state index in [0.717, 1.165) is 11.3 Å². The number of urea groups is 1. The smallest absolute Gasteiger partial charge is 0.321 e. The normalized spacial score (nSPS) is 11.6. The number of carbonyl (C=O) groups excluding carboxylic acids is 2. The van der Waals surface area contributed by atoms with Crippen molar-refractivity contribution in [3.05, 3.63) is 28.8 Å². The Morgan fingerprint density at radius 3 is 2.68 bits per heavy atom. The number of hydrogen-bond acceptors (Lipinski definition) is 3. The molecular formula is C13H18ClN3O2. The van der Waals surface area contributed by atoms with E-state index in [9.17, 15) is 9.59 Å². The van der Waals surface area contributed by atoms with E-state index in [1.165, 1.54) is 0 Å². The van der Waals surface area contributed by atoms with Crippen LogP contribution < -0.4 is 16.0 Å². The van der Waals surface area contributed by atoms with Crippen molar-refractivity contribution >= 4 is 29.2 Å². The summed E-state index contributed by atoms with van der Waals surface area (Å²) >= 11 is 6.00. The SMILES string of the molecule is CCNC(=O)NC(=O)C(C)Nc1cccc(Cl)c1C. The van der Waals surface area contributed by atoms with Crippen LogP contribution in [0.15, 0.2) is 18.2 Å². The summed E-state index contributed by atoms with van der Waals surface area (Å²) in [4.78, 5) is 23.0. The second kappa shape index (κ2) is 6.99. The molecule has 6 heteroatoms. The molecule has 0 aliphatic heterocycles. The van der Waals surface area contributed by atoms with Gasteiger partial charge >= 0.3 is 6.03 Å². The lowest BCUT2D eigenvalue weighted by molar-refractivity contribution is -0.120. The Labute approximate surface area is 117 Å². The molecule has 0 aliphatic rings. The molecule has 3 N–H and O–H groups in total. The fourth-order valence-corrected chi connectivity index (χ4v) is 1.66. The maximum absolute atomic E-state index is 11.8. The topological polar surface area (TPSA) is 70.2 Å². The minimum absolute atomic E-state index is 0.398. The summed E-state index contributed by atoms with van der Waals surface area (Å²) in [6.07, 6.45) is 0. The molecule has 0 aromatic heterocycles. The third-order valence-corrected chi connectivity index (χ3v) is 3.02. The van der Waals surface area contributed by atoms with Gasteiger partial charge in [0.1, 0.15) is 6.04 Å². The molecule has 0 bridgehead atoms. The summed E-state index contributed by atoms with van der Waals surface area (Å²) in [5.74, 6) is -0.398. The van der Waals surface area contributed by atoms with Gasteiger partial charge < -0.3 is 10.6 Å². The average molecular weight is 284 g/mol. The zero-order chi connectivity index (χ0) is 14.4. The van der Waals surface area contributed by atoms with Gasteiger partial charge in [0.2, 0.25) is 5.91 Å². The van der Waals surface area contributed by atoms with Crippen LogP contribution in [0.5, 0.6) is 0 Å². The quantitative estimate of drug-likeness (QED) is 0.794. The van der Waals surface area contributed by atoms with Crippen molar-refractivity contribution < 1.29 is 9.59 Å². The Morgan fingerprint density at radius 2 is 2.05 bits per heavy atom. The molecule has 0 aliphatic carbocycles. The third kappa shape index (κ3) is 4.44. The number of halogens is 1. The van der Waals surface area contributed by atoms with E-state index in [2.05, 4.69) is 16.0 Å². The lowest BCUT2D eigenvalue weighted by Crippen LogP contribution is -2.45. The number of nitrogens with one attached hydrogen (secondary N) is 3. The number of carbonyl (C=O) groups is 2. The lowest BCUT2D eigenvalue weighted by atomic mass is 10.2. The number of benzene rings is 1. The van der Waals surface area contributed by atoms with Gasteiger partial charge in [-0.2, -0.15) is 0 Å². The van der Waals surface area contributed by atoms with E-state index in [1.54, 1.807) is 26.0 Å². The van der Waals surface area contributed by atoms with E-state index in [0.29, 0.717) is 11.6 Å². The largest absolute Gasteiger partial charge is 0.374 e. The minimum Gasteiger partial charge on any atom is -0.374 e. The highest BCUT2D eigenvalue weighted by atomic mass is 35.5. The third-order valence-electron chi connectivity index (χ3n) is 2.61. The number of amides is 3. The molecular weight excluding hydrogens is 266 g/mol. The zero-order valence-electron chi connectivity index (χ0n) is 11.2. The fraction of sp³-hybridized carbons (Fsp3) is 0.385. The number of imide groups is 1. The van der Waals surface area contributed by atoms with Crippen LogP contribution >= 0.6 is 11.6 Å². The molecule has 0 heterocycles. The molecule has 1 aromatic rings. The van der Waals surface area contributed by atoms with E-state index < -0.39 is 18.0 Å². The van der Waals surface area contributed by atoms with Crippen molar-refractivity contribution in [1.82, 2.24) is 10.6 Å².